The molecule has 1 aliphatic rings. The lowest BCUT2D eigenvalue weighted by Gasteiger charge is -2.25. The smallest absolute Gasteiger partial charge is 0.341 e. The maximum Gasteiger partial charge on any atom is 0.341 e. The maximum atomic E-state index is 14.0. The minimum atomic E-state index is -1.11. The summed E-state index contributed by atoms with van der Waals surface area (Å²) in [5.74, 6) is -0.264. The molecule has 0 spiro atoms. The van der Waals surface area contributed by atoms with Gasteiger partial charge in [-0.1, -0.05) is 41.7 Å². The summed E-state index contributed by atoms with van der Waals surface area (Å²) in [4.78, 5) is 43.9. The standard InChI is InChI=1S/C31H26IN3O7S/c1-17-26(29(38)34-20-9-5-4-6-10-20)27(19-8-7-11-21(15-19)40-2)35-30(39)24(43-31(35)33-17)14-18-12-22(32)28(23(13-18)41-3)42-16-25(36)37/h4-15,27H,16H2,1-3H3,(H,34,38)(H,36,37)/b24-14-/t27-/m0/s1. The Bertz CT molecular complexity index is 1930. The van der Waals surface area contributed by atoms with Crippen molar-refractivity contribution in [2.24, 2.45) is 4.99 Å². The monoisotopic (exact) mass is 711 g/mol. The molecular weight excluding hydrogens is 685 g/mol. The highest BCUT2D eigenvalue weighted by Gasteiger charge is 2.33. The quantitative estimate of drug-likeness (QED) is 0.252. The number of allylic oxidation sites excluding steroid dienone is 1. The topological polar surface area (TPSA) is 128 Å². The summed E-state index contributed by atoms with van der Waals surface area (Å²) in [6, 6.07) is 19.0. The van der Waals surface area contributed by atoms with Gasteiger partial charge in [-0.25, -0.2) is 9.79 Å². The summed E-state index contributed by atoms with van der Waals surface area (Å²) in [6.07, 6.45) is 1.71. The van der Waals surface area contributed by atoms with Crippen LogP contribution in [0.3, 0.4) is 0 Å². The zero-order chi connectivity index (χ0) is 30.7. The zero-order valence-electron chi connectivity index (χ0n) is 23.3. The van der Waals surface area contributed by atoms with Gasteiger partial charge in [0.15, 0.2) is 22.9 Å². The molecule has 3 aromatic carbocycles. The van der Waals surface area contributed by atoms with E-state index in [0.717, 1.165) is 0 Å². The summed E-state index contributed by atoms with van der Waals surface area (Å²) in [6.45, 7) is 1.24. The summed E-state index contributed by atoms with van der Waals surface area (Å²) < 4.78 is 18.8. The molecule has 1 aromatic heterocycles. The Kier molecular flexibility index (Phi) is 8.97. The van der Waals surface area contributed by atoms with Crippen LogP contribution in [0.1, 0.15) is 24.1 Å². The summed E-state index contributed by atoms with van der Waals surface area (Å²) in [7, 11) is 3.01. The van der Waals surface area contributed by atoms with Crippen LogP contribution in [0, 0.1) is 3.57 Å². The Morgan fingerprint density at radius 1 is 1.09 bits per heavy atom. The first-order valence-corrected chi connectivity index (χ1v) is 14.8. The third-order valence-corrected chi connectivity index (χ3v) is 8.38. The lowest BCUT2D eigenvalue weighted by molar-refractivity contribution is -0.139. The highest BCUT2D eigenvalue weighted by molar-refractivity contribution is 14.1. The van der Waals surface area contributed by atoms with Crippen molar-refractivity contribution in [2.75, 3.05) is 26.1 Å². The van der Waals surface area contributed by atoms with E-state index in [1.807, 2.05) is 52.9 Å². The van der Waals surface area contributed by atoms with Crippen LogP contribution >= 0.6 is 33.9 Å². The number of para-hydroxylation sites is 1. The average Bonchev–Trinajstić information content (AvgIpc) is 3.29. The molecule has 43 heavy (non-hydrogen) atoms. The third-order valence-electron chi connectivity index (χ3n) is 6.60. The number of aliphatic carboxylic acids is 1. The second-order valence-corrected chi connectivity index (χ2v) is 11.6. The number of rotatable bonds is 9. The van der Waals surface area contributed by atoms with Crippen molar-refractivity contribution >= 4 is 57.6 Å². The molecule has 12 heteroatoms. The van der Waals surface area contributed by atoms with Gasteiger partial charge in [0.2, 0.25) is 0 Å². The molecule has 1 atom stereocenters. The van der Waals surface area contributed by atoms with E-state index in [0.29, 0.717) is 58.2 Å². The first-order valence-electron chi connectivity index (χ1n) is 12.9. The van der Waals surface area contributed by atoms with Crippen LogP contribution in [0.15, 0.2) is 87.8 Å². The van der Waals surface area contributed by atoms with E-state index in [-0.39, 0.29) is 11.5 Å². The predicted octanol–water partition coefficient (Wildman–Crippen LogP) is 3.96. The lowest BCUT2D eigenvalue weighted by atomic mass is 9.95. The van der Waals surface area contributed by atoms with Gasteiger partial charge in [0.1, 0.15) is 5.75 Å². The number of benzene rings is 3. The van der Waals surface area contributed by atoms with Crippen LogP contribution in [-0.2, 0) is 9.59 Å². The number of nitrogens with one attached hydrogen (secondary N) is 1. The molecule has 0 aliphatic carbocycles. The van der Waals surface area contributed by atoms with Crippen LogP contribution < -0.4 is 34.4 Å². The van der Waals surface area contributed by atoms with Gasteiger partial charge in [-0.05, 0) is 83.1 Å². The molecule has 220 valence electrons. The van der Waals surface area contributed by atoms with Crippen molar-refractivity contribution in [2.45, 2.75) is 13.0 Å². The fourth-order valence-electron chi connectivity index (χ4n) is 4.71. The van der Waals surface area contributed by atoms with Crippen molar-refractivity contribution < 1.29 is 28.9 Å². The Hall–Kier alpha value is -4.43. The molecule has 1 aliphatic heterocycles. The van der Waals surface area contributed by atoms with E-state index in [1.54, 1.807) is 56.5 Å². The van der Waals surface area contributed by atoms with E-state index >= 15 is 0 Å². The number of carbonyl (C=O) groups is 2. The Labute approximate surface area is 263 Å². The Morgan fingerprint density at radius 2 is 1.86 bits per heavy atom. The number of ether oxygens (including phenoxy) is 3. The molecule has 10 nitrogen and oxygen atoms in total. The number of thiazole rings is 1. The summed E-state index contributed by atoms with van der Waals surface area (Å²) in [5.41, 5.74) is 2.46. The van der Waals surface area contributed by atoms with Gasteiger partial charge in [0.25, 0.3) is 11.5 Å². The minimum absolute atomic E-state index is 0.298. The fraction of sp³-hybridized carbons (Fsp3) is 0.161. The number of hydrogen-bond donors (Lipinski definition) is 2. The second kappa shape index (κ2) is 12.8. The van der Waals surface area contributed by atoms with Gasteiger partial charge in [-0.2, -0.15) is 0 Å². The number of aromatic nitrogens is 1. The molecule has 0 saturated heterocycles. The van der Waals surface area contributed by atoms with E-state index in [2.05, 4.69) is 10.3 Å². The largest absolute Gasteiger partial charge is 0.497 e. The molecular formula is C31H26IN3O7S. The second-order valence-electron chi connectivity index (χ2n) is 9.40. The molecule has 0 fully saturated rings. The van der Waals surface area contributed by atoms with Gasteiger partial charge in [-0.15, -0.1) is 0 Å². The SMILES string of the molecule is COc1cccc([C@H]2C(C(=O)Nc3ccccc3)=C(C)N=c3s/c(=C\c4cc(I)c(OCC(=O)O)c(OC)c4)c(=O)n32)c1. The predicted molar refractivity (Wildman–Crippen MR) is 171 cm³/mol. The number of anilines is 1. The fourth-order valence-corrected chi connectivity index (χ4v) is 6.53. The van der Waals surface area contributed by atoms with Crippen LogP contribution in [-0.4, -0.2) is 42.4 Å². The normalized spacial score (nSPS) is 14.5. The molecule has 0 saturated carbocycles. The van der Waals surface area contributed by atoms with E-state index in [1.165, 1.54) is 23.0 Å². The number of hydrogen-bond acceptors (Lipinski definition) is 8. The minimum Gasteiger partial charge on any atom is -0.497 e. The van der Waals surface area contributed by atoms with E-state index in [9.17, 15) is 14.4 Å². The number of amides is 1. The van der Waals surface area contributed by atoms with Gasteiger partial charge < -0.3 is 24.6 Å². The van der Waals surface area contributed by atoms with Gasteiger partial charge >= 0.3 is 5.97 Å². The molecule has 0 bridgehead atoms. The number of carboxylic acid groups (broad SMARTS) is 1. The molecule has 0 radical (unpaired) electrons. The molecule has 0 unspecified atom stereocenters. The lowest BCUT2D eigenvalue weighted by Crippen LogP contribution is -2.40. The van der Waals surface area contributed by atoms with Gasteiger partial charge in [0, 0.05) is 5.69 Å². The first-order chi connectivity index (χ1) is 20.7. The Balaban J connectivity index is 1.64. The van der Waals surface area contributed by atoms with E-state index in [4.69, 9.17) is 19.3 Å². The number of carboxylic acids is 1. The van der Waals surface area contributed by atoms with Crippen LogP contribution in [0.2, 0.25) is 0 Å². The third kappa shape index (κ3) is 6.34. The molecule has 4 aromatic rings. The number of methoxy groups -OCH3 is 2. The number of nitrogens with zero attached hydrogens (tertiary/aromatic N) is 2. The van der Waals surface area contributed by atoms with Crippen LogP contribution in [0.25, 0.3) is 6.08 Å². The van der Waals surface area contributed by atoms with Crippen LogP contribution in [0.4, 0.5) is 5.69 Å². The highest BCUT2D eigenvalue weighted by atomic mass is 127. The Morgan fingerprint density at radius 3 is 2.56 bits per heavy atom. The van der Waals surface area contributed by atoms with E-state index < -0.39 is 18.6 Å². The molecule has 1 amide bonds. The van der Waals surface area contributed by atoms with Crippen molar-refractivity contribution in [1.29, 1.82) is 0 Å². The molecule has 5 rings (SSSR count). The van der Waals surface area contributed by atoms with Crippen LogP contribution in [0.5, 0.6) is 17.2 Å². The van der Waals surface area contributed by atoms with Gasteiger partial charge in [-0.3, -0.25) is 14.2 Å². The molecule has 2 heterocycles. The summed E-state index contributed by atoms with van der Waals surface area (Å²) >= 11 is 3.23. The van der Waals surface area contributed by atoms with Gasteiger partial charge in [0.05, 0.1) is 39.6 Å². The number of fused-ring (bicyclic) bond motifs is 1. The van der Waals surface area contributed by atoms with Crippen molar-refractivity contribution in [3.63, 3.8) is 0 Å². The van der Waals surface area contributed by atoms with Crippen molar-refractivity contribution in [3.05, 3.63) is 112 Å². The van der Waals surface area contributed by atoms with Crippen molar-refractivity contribution in [1.82, 2.24) is 4.57 Å². The van der Waals surface area contributed by atoms with Crippen molar-refractivity contribution in [3.8, 4) is 17.2 Å². The number of carbonyl (C=O) groups excluding carboxylic acids is 1. The number of halogens is 1. The average molecular weight is 712 g/mol. The summed E-state index contributed by atoms with van der Waals surface area (Å²) in [5, 5.41) is 12.0. The maximum absolute atomic E-state index is 14.0. The molecule has 2 N–H and O–H groups in total. The first kappa shape index (κ1) is 30.0. The highest BCUT2D eigenvalue weighted by Crippen LogP contribution is 2.35. The zero-order valence-corrected chi connectivity index (χ0v) is 26.3.